The van der Waals surface area contributed by atoms with E-state index in [0.29, 0.717) is 6.42 Å². The molecule has 1 aliphatic heterocycles. The fourth-order valence-corrected chi connectivity index (χ4v) is 1.31. The molecule has 1 aromatic rings. The molecule has 58 valence electrons. The molecule has 1 aliphatic rings. The molecule has 0 radical (unpaired) electrons. The summed E-state index contributed by atoms with van der Waals surface area (Å²) in [5.74, 6) is 0.825. The lowest BCUT2D eigenvalue weighted by atomic mass is 10.1. The van der Waals surface area contributed by atoms with Crippen molar-refractivity contribution in [1.29, 1.82) is 0 Å². The molecule has 1 aromatic carbocycles. The monoisotopic (exact) mass is 150 g/mol. The molecule has 1 atom stereocenters. The number of benzene rings is 1. The standard InChI is InChI=1S/C9H10O2/c10-9-6-5-7-3-1-2-4-8(7)11-9/h1-4,9-10H,5-6H2/t9-/m1/s1. The summed E-state index contributed by atoms with van der Waals surface area (Å²) >= 11 is 0. The summed E-state index contributed by atoms with van der Waals surface area (Å²) < 4.78 is 5.19. The van der Waals surface area contributed by atoms with Gasteiger partial charge in [-0.25, -0.2) is 0 Å². The van der Waals surface area contributed by atoms with Crippen molar-refractivity contribution in [3.05, 3.63) is 29.8 Å². The molecule has 2 rings (SSSR count). The van der Waals surface area contributed by atoms with Gasteiger partial charge in [0.05, 0.1) is 0 Å². The molecule has 0 amide bonds. The van der Waals surface area contributed by atoms with Crippen LogP contribution in [0.4, 0.5) is 0 Å². The summed E-state index contributed by atoms with van der Waals surface area (Å²) in [5, 5.41) is 9.13. The number of aliphatic hydroxyl groups is 1. The molecule has 1 heterocycles. The number of aliphatic hydroxyl groups excluding tert-OH is 1. The minimum Gasteiger partial charge on any atom is -0.465 e. The van der Waals surface area contributed by atoms with Gasteiger partial charge in [0, 0.05) is 6.42 Å². The summed E-state index contributed by atoms with van der Waals surface area (Å²) in [6.07, 6.45) is 1.01. The molecule has 2 heteroatoms. The lowest BCUT2D eigenvalue weighted by Crippen LogP contribution is -2.21. The molecule has 0 spiro atoms. The van der Waals surface area contributed by atoms with Crippen molar-refractivity contribution >= 4 is 0 Å². The third kappa shape index (κ3) is 1.21. The Labute approximate surface area is 65.4 Å². The minimum atomic E-state index is -0.607. The number of hydrogen-bond donors (Lipinski definition) is 1. The highest BCUT2D eigenvalue weighted by Crippen LogP contribution is 2.25. The summed E-state index contributed by atoms with van der Waals surface area (Å²) in [6, 6.07) is 7.82. The van der Waals surface area contributed by atoms with Gasteiger partial charge in [0.2, 0.25) is 0 Å². The highest BCUT2D eigenvalue weighted by Gasteiger charge is 2.15. The van der Waals surface area contributed by atoms with Crippen LogP contribution >= 0.6 is 0 Å². The van der Waals surface area contributed by atoms with Gasteiger partial charge >= 0.3 is 0 Å². The largest absolute Gasteiger partial charge is 0.465 e. The number of fused-ring (bicyclic) bond motifs is 1. The molecule has 0 fully saturated rings. The van der Waals surface area contributed by atoms with Crippen molar-refractivity contribution in [3.63, 3.8) is 0 Å². The Morgan fingerprint density at radius 2 is 2.18 bits per heavy atom. The Morgan fingerprint density at radius 3 is 3.09 bits per heavy atom. The number of aryl methyl sites for hydroxylation is 1. The van der Waals surface area contributed by atoms with Crippen molar-refractivity contribution in [3.8, 4) is 5.75 Å². The van der Waals surface area contributed by atoms with Crippen molar-refractivity contribution in [2.75, 3.05) is 0 Å². The highest BCUT2D eigenvalue weighted by molar-refractivity contribution is 5.34. The van der Waals surface area contributed by atoms with Gasteiger partial charge in [0.25, 0.3) is 0 Å². The third-order valence-electron chi connectivity index (χ3n) is 1.90. The lowest BCUT2D eigenvalue weighted by molar-refractivity contribution is -0.0316. The van der Waals surface area contributed by atoms with Gasteiger partial charge in [-0.05, 0) is 18.1 Å². The predicted octanol–water partition coefficient (Wildman–Crippen LogP) is 1.33. The molecule has 0 bridgehead atoms. The number of rotatable bonds is 0. The Balaban J connectivity index is 2.34. The summed E-state index contributed by atoms with van der Waals surface area (Å²) in [4.78, 5) is 0. The molecular weight excluding hydrogens is 140 g/mol. The molecular formula is C9H10O2. The topological polar surface area (TPSA) is 29.5 Å². The minimum absolute atomic E-state index is 0.607. The fraction of sp³-hybridized carbons (Fsp3) is 0.333. The molecule has 1 N–H and O–H groups in total. The highest BCUT2D eigenvalue weighted by atomic mass is 16.6. The fourth-order valence-electron chi connectivity index (χ4n) is 1.31. The van der Waals surface area contributed by atoms with Crippen LogP contribution in [-0.2, 0) is 6.42 Å². The first-order valence-electron chi connectivity index (χ1n) is 3.79. The maximum absolute atomic E-state index is 9.13. The Bertz CT molecular complexity index is 257. The average molecular weight is 150 g/mol. The Morgan fingerprint density at radius 1 is 1.36 bits per heavy atom. The van der Waals surface area contributed by atoms with Crippen molar-refractivity contribution < 1.29 is 9.84 Å². The molecule has 0 aliphatic carbocycles. The van der Waals surface area contributed by atoms with E-state index in [1.54, 1.807) is 0 Å². The first kappa shape index (κ1) is 6.68. The zero-order valence-corrected chi connectivity index (χ0v) is 6.16. The van der Waals surface area contributed by atoms with E-state index < -0.39 is 6.29 Å². The van der Waals surface area contributed by atoms with Crippen molar-refractivity contribution in [1.82, 2.24) is 0 Å². The quantitative estimate of drug-likeness (QED) is 0.604. The molecule has 0 aromatic heterocycles. The molecule has 2 nitrogen and oxygen atoms in total. The van der Waals surface area contributed by atoms with Gasteiger partial charge in [-0.15, -0.1) is 0 Å². The van der Waals surface area contributed by atoms with E-state index in [1.165, 1.54) is 5.56 Å². The normalized spacial score (nSPS) is 22.1. The van der Waals surface area contributed by atoms with Crippen LogP contribution < -0.4 is 4.74 Å². The van der Waals surface area contributed by atoms with E-state index in [1.807, 2.05) is 24.3 Å². The van der Waals surface area contributed by atoms with Crippen LogP contribution in [0.25, 0.3) is 0 Å². The van der Waals surface area contributed by atoms with E-state index >= 15 is 0 Å². The first-order valence-corrected chi connectivity index (χ1v) is 3.79. The average Bonchev–Trinajstić information content (AvgIpc) is 2.04. The second-order valence-corrected chi connectivity index (χ2v) is 2.72. The zero-order valence-electron chi connectivity index (χ0n) is 6.16. The van der Waals surface area contributed by atoms with Gasteiger partial charge in [0.15, 0.2) is 6.29 Å². The number of ether oxygens (including phenoxy) is 1. The SMILES string of the molecule is O[C@H]1CCc2ccccc2O1. The van der Waals surface area contributed by atoms with Gasteiger partial charge in [-0.3, -0.25) is 0 Å². The molecule has 0 saturated carbocycles. The molecule has 0 saturated heterocycles. The van der Waals surface area contributed by atoms with E-state index in [9.17, 15) is 0 Å². The Hall–Kier alpha value is -1.02. The maximum Gasteiger partial charge on any atom is 0.197 e. The van der Waals surface area contributed by atoms with Gasteiger partial charge < -0.3 is 9.84 Å². The summed E-state index contributed by atoms with van der Waals surface area (Å²) in [6.45, 7) is 0. The van der Waals surface area contributed by atoms with Crippen LogP contribution in [0.5, 0.6) is 5.75 Å². The zero-order chi connectivity index (χ0) is 7.68. The van der Waals surface area contributed by atoms with Gasteiger partial charge in [-0.1, -0.05) is 18.2 Å². The third-order valence-corrected chi connectivity index (χ3v) is 1.90. The maximum atomic E-state index is 9.13. The van der Waals surface area contributed by atoms with Crippen molar-refractivity contribution in [2.45, 2.75) is 19.1 Å². The van der Waals surface area contributed by atoms with Crippen LogP contribution in [0.15, 0.2) is 24.3 Å². The van der Waals surface area contributed by atoms with E-state index in [2.05, 4.69) is 0 Å². The smallest absolute Gasteiger partial charge is 0.197 e. The molecule has 11 heavy (non-hydrogen) atoms. The van der Waals surface area contributed by atoms with Crippen LogP contribution in [0.1, 0.15) is 12.0 Å². The van der Waals surface area contributed by atoms with E-state index in [4.69, 9.17) is 9.84 Å². The second-order valence-electron chi connectivity index (χ2n) is 2.72. The number of para-hydroxylation sites is 1. The molecule has 0 unspecified atom stereocenters. The van der Waals surface area contributed by atoms with Crippen LogP contribution in [0, 0.1) is 0 Å². The van der Waals surface area contributed by atoms with Crippen LogP contribution in [0.2, 0.25) is 0 Å². The lowest BCUT2D eigenvalue weighted by Gasteiger charge is -2.21. The second kappa shape index (κ2) is 2.55. The van der Waals surface area contributed by atoms with Gasteiger partial charge in [0.1, 0.15) is 5.75 Å². The number of hydrogen-bond acceptors (Lipinski definition) is 2. The van der Waals surface area contributed by atoms with E-state index in [0.717, 1.165) is 12.2 Å². The summed E-state index contributed by atoms with van der Waals surface area (Å²) in [7, 11) is 0. The first-order chi connectivity index (χ1) is 5.36. The van der Waals surface area contributed by atoms with Gasteiger partial charge in [-0.2, -0.15) is 0 Å². The van der Waals surface area contributed by atoms with Crippen LogP contribution in [-0.4, -0.2) is 11.4 Å². The van der Waals surface area contributed by atoms with Crippen molar-refractivity contribution in [2.24, 2.45) is 0 Å². The summed E-state index contributed by atoms with van der Waals surface area (Å²) in [5.41, 5.74) is 1.19. The Kier molecular flexibility index (Phi) is 1.55. The van der Waals surface area contributed by atoms with E-state index in [-0.39, 0.29) is 0 Å². The van der Waals surface area contributed by atoms with Crippen LogP contribution in [0.3, 0.4) is 0 Å². The predicted molar refractivity (Wildman–Crippen MR) is 41.4 cm³/mol.